The van der Waals surface area contributed by atoms with Crippen molar-refractivity contribution >= 4 is 11.7 Å². The number of amides is 1. The van der Waals surface area contributed by atoms with Crippen LogP contribution in [0, 0.1) is 5.92 Å². The molecule has 122 valence electrons. The van der Waals surface area contributed by atoms with E-state index in [1.807, 2.05) is 11.8 Å². The Morgan fingerprint density at radius 1 is 1.36 bits per heavy atom. The molecule has 0 saturated carbocycles. The first-order chi connectivity index (χ1) is 10.6. The van der Waals surface area contributed by atoms with Crippen molar-refractivity contribution in [2.45, 2.75) is 39.5 Å². The molecular weight excluding hydrogens is 284 g/mol. The lowest BCUT2D eigenvalue weighted by molar-refractivity contribution is -0.136. The average Bonchev–Trinajstić information content (AvgIpc) is 2.91. The number of methoxy groups -OCH3 is 1. The molecule has 6 nitrogen and oxygen atoms in total. The van der Waals surface area contributed by atoms with Gasteiger partial charge in [0.05, 0.1) is 11.3 Å². The maximum absolute atomic E-state index is 11.8. The summed E-state index contributed by atoms with van der Waals surface area (Å²) in [5.74, 6) is 1.17. The molecule has 1 aliphatic rings. The number of carbonyl (C=O) groups is 2. The minimum absolute atomic E-state index is 0.0146. The van der Waals surface area contributed by atoms with Gasteiger partial charge in [-0.2, -0.15) is 0 Å². The van der Waals surface area contributed by atoms with Crippen LogP contribution in [0.3, 0.4) is 0 Å². The zero-order valence-electron chi connectivity index (χ0n) is 13.6. The zero-order valence-corrected chi connectivity index (χ0v) is 13.6. The van der Waals surface area contributed by atoms with E-state index in [0.717, 1.165) is 31.6 Å². The van der Waals surface area contributed by atoms with Crippen LogP contribution in [0.2, 0.25) is 0 Å². The highest BCUT2D eigenvalue weighted by Gasteiger charge is 2.26. The zero-order chi connectivity index (χ0) is 16.1. The summed E-state index contributed by atoms with van der Waals surface area (Å²) in [6.07, 6.45) is 3.24. The van der Waals surface area contributed by atoms with E-state index in [2.05, 4.69) is 5.16 Å². The highest BCUT2D eigenvalue weighted by molar-refractivity contribution is 5.96. The fourth-order valence-corrected chi connectivity index (χ4v) is 3.01. The van der Waals surface area contributed by atoms with Crippen molar-refractivity contribution in [1.29, 1.82) is 0 Å². The first-order valence-corrected chi connectivity index (χ1v) is 7.81. The van der Waals surface area contributed by atoms with Gasteiger partial charge in [0.1, 0.15) is 12.4 Å². The summed E-state index contributed by atoms with van der Waals surface area (Å²) in [5, 5.41) is 4.01. The van der Waals surface area contributed by atoms with E-state index in [0.29, 0.717) is 30.1 Å². The van der Waals surface area contributed by atoms with Crippen LogP contribution in [0.5, 0.6) is 0 Å². The van der Waals surface area contributed by atoms with Crippen molar-refractivity contribution in [3.63, 3.8) is 0 Å². The average molecular weight is 308 g/mol. The van der Waals surface area contributed by atoms with Gasteiger partial charge in [-0.05, 0) is 32.1 Å². The highest BCUT2D eigenvalue weighted by Crippen LogP contribution is 2.25. The van der Waals surface area contributed by atoms with Gasteiger partial charge in [0.15, 0.2) is 5.78 Å². The Hall–Kier alpha value is -1.69. The van der Waals surface area contributed by atoms with Crippen LogP contribution in [0.1, 0.15) is 48.5 Å². The summed E-state index contributed by atoms with van der Waals surface area (Å²) in [5.41, 5.74) is 1.40. The van der Waals surface area contributed by atoms with Gasteiger partial charge in [-0.1, -0.05) is 12.1 Å². The Labute approximate surface area is 130 Å². The fraction of sp³-hybridized carbons (Fsp3) is 0.688. The number of rotatable bonds is 6. The third-order valence-electron chi connectivity index (χ3n) is 4.23. The van der Waals surface area contributed by atoms with E-state index in [-0.39, 0.29) is 18.3 Å². The van der Waals surface area contributed by atoms with Gasteiger partial charge in [-0.3, -0.25) is 9.59 Å². The van der Waals surface area contributed by atoms with Crippen LogP contribution in [-0.2, 0) is 22.4 Å². The van der Waals surface area contributed by atoms with Crippen molar-refractivity contribution in [3.8, 4) is 0 Å². The fourth-order valence-electron chi connectivity index (χ4n) is 3.01. The number of ketones is 1. The minimum atomic E-state index is 0.0146. The first-order valence-electron chi connectivity index (χ1n) is 7.81. The lowest BCUT2D eigenvalue weighted by Crippen LogP contribution is -2.40. The van der Waals surface area contributed by atoms with Gasteiger partial charge in [-0.15, -0.1) is 0 Å². The van der Waals surface area contributed by atoms with Crippen LogP contribution in [-0.4, -0.2) is 48.6 Å². The number of likely N-dealkylation sites (tertiary alicyclic amines) is 1. The number of hydrogen-bond acceptors (Lipinski definition) is 5. The van der Waals surface area contributed by atoms with E-state index < -0.39 is 0 Å². The molecule has 0 spiro atoms. The number of ether oxygens (including phenoxy) is 1. The van der Waals surface area contributed by atoms with Crippen molar-refractivity contribution in [2.75, 3.05) is 26.8 Å². The van der Waals surface area contributed by atoms with Crippen molar-refractivity contribution < 1.29 is 18.8 Å². The summed E-state index contributed by atoms with van der Waals surface area (Å²) in [6.45, 7) is 5.13. The second-order valence-electron chi connectivity index (χ2n) is 5.80. The van der Waals surface area contributed by atoms with E-state index in [1.165, 1.54) is 7.11 Å². The number of Topliss-reactive ketones (excluding diaryl/α,β-unsaturated/α-hetero) is 1. The quantitative estimate of drug-likeness (QED) is 0.750. The number of piperidine rings is 1. The molecule has 1 aromatic rings. The number of hydrogen-bond donors (Lipinski definition) is 0. The largest absolute Gasteiger partial charge is 0.375 e. The SMILES string of the molecule is CCc1noc(CC2CCN(C(=O)COC)CC2)c1C(C)=O. The molecule has 0 radical (unpaired) electrons. The highest BCUT2D eigenvalue weighted by atomic mass is 16.5. The molecule has 0 bridgehead atoms. The summed E-state index contributed by atoms with van der Waals surface area (Å²) >= 11 is 0. The van der Waals surface area contributed by atoms with Crippen LogP contribution >= 0.6 is 0 Å². The third-order valence-corrected chi connectivity index (χ3v) is 4.23. The van der Waals surface area contributed by atoms with Gasteiger partial charge in [0.25, 0.3) is 0 Å². The minimum Gasteiger partial charge on any atom is -0.375 e. The molecule has 0 aliphatic carbocycles. The van der Waals surface area contributed by atoms with Gasteiger partial charge in [0.2, 0.25) is 5.91 Å². The summed E-state index contributed by atoms with van der Waals surface area (Å²) in [7, 11) is 1.53. The molecule has 1 aliphatic heterocycles. The number of nitrogens with zero attached hydrogens (tertiary/aromatic N) is 2. The summed E-state index contributed by atoms with van der Waals surface area (Å²) in [6, 6.07) is 0. The molecule has 2 heterocycles. The Kier molecular flexibility index (Phi) is 5.71. The van der Waals surface area contributed by atoms with Crippen LogP contribution < -0.4 is 0 Å². The van der Waals surface area contributed by atoms with E-state index >= 15 is 0 Å². The molecule has 1 amide bonds. The molecule has 0 atom stereocenters. The normalized spacial score (nSPS) is 16.0. The maximum Gasteiger partial charge on any atom is 0.248 e. The third kappa shape index (κ3) is 3.74. The molecule has 6 heteroatoms. The number of carbonyl (C=O) groups excluding carboxylic acids is 2. The molecule has 1 aromatic heterocycles. The Morgan fingerprint density at radius 2 is 2.05 bits per heavy atom. The van der Waals surface area contributed by atoms with E-state index in [4.69, 9.17) is 9.26 Å². The molecule has 0 aromatic carbocycles. The molecule has 0 N–H and O–H groups in total. The standard InChI is InChI=1S/C16H24N2O4/c1-4-13-16(11(2)19)14(22-17-13)9-12-5-7-18(8-6-12)15(20)10-21-3/h12H,4-10H2,1-3H3. The lowest BCUT2D eigenvalue weighted by Gasteiger charge is -2.31. The smallest absolute Gasteiger partial charge is 0.248 e. The first kappa shape index (κ1) is 16.7. The second-order valence-corrected chi connectivity index (χ2v) is 5.80. The predicted molar refractivity (Wildman–Crippen MR) is 80.8 cm³/mol. The molecule has 2 rings (SSSR count). The second kappa shape index (κ2) is 7.54. The Balaban J connectivity index is 1.95. The van der Waals surface area contributed by atoms with Crippen molar-refractivity contribution in [1.82, 2.24) is 10.1 Å². The lowest BCUT2D eigenvalue weighted by atomic mass is 9.90. The molecule has 0 unspecified atom stereocenters. The van der Waals surface area contributed by atoms with Gasteiger partial charge < -0.3 is 14.2 Å². The molecule has 1 fully saturated rings. The van der Waals surface area contributed by atoms with E-state index in [9.17, 15) is 9.59 Å². The predicted octanol–water partition coefficient (Wildman–Crippen LogP) is 1.87. The van der Waals surface area contributed by atoms with Gasteiger partial charge >= 0.3 is 0 Å². The number of aryl methyl sites for hydroxylation is 1. The van der Waals surface area contributed by atoms with Crippen LogP contribution in [0.25, 0.3) is 0 Å². The van der Waals surface area contributed by atoms with Crippen LogP contribution in [0.15, 0.2) is 4.52 Å². The molecule has 1 saturated heterocycles. The van der Waals surface area contributed by atoms with E-state index in [1.54, 1.807) is 6.92 Å². The van der Waals surface area contributed by atoms with Gasteiger partial charge in [0, 0.05) is 26.6 Å². The number of aromatic nitrogens is 1. The molecule has 22 heavy (non-hydrogen) atoms. The monoisotopic (exact) mass is 308 g/mol. The maximum atomic E-state index is 11.8. The van der Waals surface area contributed by atoms with Gasteiger partial charge in [-0.25, -0.2) is 0 Å². The topological polar surface area (TPSA) is 72.6 Å². The van der Waals surface area contributed by atoms with Crippen LogP contribution in [0.4, 0.5) is 0 Å². The summed E-state index contributed by atoms with van der Waals surface area (Å²) < 4.78 is 10.3. The van der Waals surface area contributed by atoms with Crippen molar-refractivity contribution in [2.24, 2.45) is 5.92 Å². The van der Waals surface area contributed by atoms with Crippen molar-refractivity contribution in [3.05, 3.63) is 17.0 Å². The Bertz CT molecular complexity index is 530. The Morgan fingerprint density at radius 3 is 2.59 bits per heavy atom. The summed E-state index contributed by atoms with van der Waals surface area (Å²) in [4.78, 5) is 25.4. The molecular formula is C16H24N2O4.